The molecular formula is C17H21ClN2O3. The molecule has 6 heteroatoms. The third kappa shape index (κ3) is 6.59. The molecule has 124 valence electrons. The van der Waals surface area contributed by atoms with Crippen molar-refractivity contribution in [1.29, 1.82) is 0 Å². The molecule has 0 bridgehead atoms. The number of benzene rings is 2. The van der Waals surface area contributed by atoms with Gasteiger partial charge in [0.05, 0.1) is 0 Å². The summed E-state index contributed by atoms with van der Waals surface area (Å²) in [5.74, 6) is 0.556. The lowest BCUT2D eigenvalue weighted by Crippen LogP contribution is -2.23. The van der Waals surface area contributed by atoms with Gasteiger partial charge >= 0.3 is 0 Å². The Kier molecular flexibility index (Phi) is 7.94. The summed E-state index contributed by atoms with van der Waals surface area (Å²) in [6.45, 7) is 2.12. The Bertz CT molecular complexity index is 600. The van der Waals surface area contributed by atoms with Crippen LogP contribution in [0.4, 0.5) is 0 Å². The van der Waals surface area contributed by atoms with Gasteiger partial charge in [0.1, 0.15) is 18.1 Å². The molecule has 0 fully saturated rings. The number of aromatic hydroxyl groups is 1. The highest BCUT2D eigenvalue weighted by molar-refractivity contribution is 5.92. The van der Waals surface area contributed by atoms with E-state index in [0.717, 1.165) is 19.5 Å². The maximum atomic E-state index is 10.9. The third-order valence-corrected chi connectivity index (χ3v) is 3.21. The second-order valence-corrected chi connectivity index (χ2v) is 4.90. The van der Waals surface area contributed by atoms with Crippen molar-refractivity contribution < 1.29 is 14.6 Å². The standard InChI is InChI=1S/C17H20N2O3.ClH/c18-17(21)14-3-7-16(8-4-14)22-12-11-19-10-9-13-1-5-15(20)6-2-13;/h1-8,19-20H,9-12H2,(H2,18,21);1H. The van der Waals surface area contributed by atoms with Gasteiger partial charge in [-0.2, -0.15) is 0 Å². The largest absolute Gasteiger partial charge is 0.508 e. The van der Waals surface area contributed by atoms with Gasteiger partial charge in [-0.1, -0.05) is 12.1 Å². The summed E-state index contributed by atoms with van der Waals surface area (Å²) < 4.78 is 5.56. The minimum Gasteiger partial charge on any atom is -0.508 e. The first kappa shape index (κ1) is 18.8. The molecule has 0 unspecified atom stereocenters. The van der Waals surface area contributed by atoms with E-state index in [0.29, 0.717) is 17.9 Å². The number of rotatable bonds is 8. The zero-order valence-corrected chi connectivity index (χ0v) is 13.5. The van der Waals surface area contributed by atoms with Crippen LogP contribution >= 0.6 is 12.4 Å². The highest BCUT2D eigenvalue weighted by Crippen LogP contribution is 2.11. The molecule has 4 N–H and O–H groups in total. The fourth-order valence-electron chi connectivity index (χ4n) is 1.98. The third-order valence-electron chi connectivity index (χ3n) is 3.21. The number of hydrogen-bond donors (Lipinski definition) is 3. The first-order chi connectivity index (χ1) is 10.6. The molecule has 5 nitrogen and oxygen atoms in total. The van der Waals surface area contributed by atoms with Gasteiger partial charge < -0.3 is 20.9 Å². The number of phenolic OH excluding ortho intramolecular Hbond substituents is 1. The number of carbonyl (C=O) groups is 1. The highest BCUT2D eigenvalue weighted by atomic mass is 35.5. The predicted molar refractivity (Wildman–Crippen MR) is 92.4 cm³/mol. The van der Waals surface area contributed by atoms with Crippen molar-refractivity contribution in [2.24, 2.45) is 5.73 Å². The van der Waals surface area contributed by atoms with Crippen LogP contribution in [0.3, 0.4) is 0 Å². The Hall–Kier alpha value is -2.24. The smallest absolute Gasteiger partial charge is 0.248 e. The first-order valence-corrected chi connectivity index (χ1v) is 7.16. The molecule has 23 heavy (non-hydrogen) atoms. The summed E-state index contributed by atoms with van der Waals surface area (Å²) in [7, 11) is 0. The van der Waals surface area contributed by atoms with Crippen LogP contribution in [-0.2, 0) is 6.42 Å². The topological polar surface area (TPSA) is 84.6 Å². The molecule has 0 aromatic heterocycles. The van der Waals surface area contributed by atoms with E-state index in [4.69, 9.17) is 10.5 Å². The number of phenols is 1. The quantitative estimate of drug-likeness (QED) is 0.645. The van der Waals surface area contributed by atoms with Crippen molar-refractivity contribution in [3.8, 4) is 11.5 Å². The van der Waals surface area contributed by atoms with Gasteiger partial charge in [-0.05, 0) is 54.9 Å². The summed E-state index contributed by atoms with van der Waals surface area (Å²) in [5, 5.41) is 12.5. The van der Waals surface area contributed by atoms with Crippen LogP contribution in [0.5, 0.6) is 11.5 Å². The van der Waals surface area contributed by atoms with Crippen molar-refractivity contribution in [1.82, 2.24) is 5.32 Å². The number of carbonyl (C=O) groups excluding carboxylic acids is 1. The molecule has 0 aliphatic rings. The molecule has 0 radical (unpaired) electrons. The van der Waals surface area contributed by atoms with Crippen molar-refractivity contribution in [3.63, 3.8) is 0 Å². The summed E-state index contributed by atoms with van der Waals surface area (Å²) in [4.78, 5) is 10.9. The Balaban J connectivity index is 0.00000264. The van der Waals surface area contributed by atoms with E-state index >= 15 is 0 Å². The minimum atomic E-state index is -0.442. The van der Waals surface area contributed by atoms with Gasteiger partial charge in [-0.3, -0.25) is 4.79 Å². The lowest BCUT2D eigenvalue weighted by Gasteiger charge is -2.08. The Morgan fingerprint density at radius 1 is 1.04 bits per heavy atom. The highest BCUT2D eigenvalue weighted by Gasteiger charge is 2.00. The van der Waals surface area contributed by atoms with E-state index in [9.17, 15) is 9.90 Å². The minimum absolute atomic E-state index is 0. The average molecular weight is 337 g/mol. The van der Waals surface area contributed by atoms with E-state index in [2.05, 4.69) is 5.32 Å². The van der Waals surface area contributed by atoms with Crippen LogP contribution in [-0.4, -0.2) is 30.7 Å². The first-order valence-electron chi connectivity index (χ1n) is 7.16. The fourth-order valence-corrected chi connectivity index (χ4v) is 1.98. The summed E-state index contributed by atoms with van der Waals surface area (Å²) in [6, 6.07) is 14.0. The number of primary amides is 1. The Morgan fingerprint density at radius 3 is 2.30 bits per heavy atom. The molecule has 2 rings (SSSR count). The van der Waals surface area contributed by atoms with Gasteiger partial charge in [0.25, 0.3) is 0 Å². The lowest BCUT2D eigenvalue weighted by molar-refractivity contribution is 0.100. The predicted octanol–water partition coefficient (Wildman–Crippen LogP) is 2.12. The van der Waals surface area contributed by atoms with Crippen molar-refractivity contribution in [2.75, 3.05) is 19.7 Å². The molecular weight excluding hydrogens is 316 g/mol. The number of halogens is 1. The molecule has 2 aromatic rings. The fraction of sp³-hybridized carbons (Fsp3) is 0.235. The molecule has 0 saturated carbocycles. The van der Waals surface area contributed by atoms with Crippen LogP contribution in [0.25, 0.3) is 0 Å². The number of ether oxygens (including phenoxy) is 1. The molecule has 0 spiro atoms. The second kappa shape index (κ2) is 9.71. The van der Waals surface area contributed by atoms with Gasteiger partial charge in [0.15, 0.2) is 0 Å². The number of nitrogens with one attached hydrogen (secondary N) is 1. The summed E-state index contributed by atoms with van der Waals surface area (Å²) >= 11 is 0. The number of amides is 1. The van der Waals surface area contributed by atoms with Gasteiger partial charge in [0, 0.05) is 12.1 Å². The zero-order valence-electron chi connectivity index (χ0n) is 12.7. The molecule has 2 aromatic carbocycles. The average Bonchev–Trinajstić information content (AvgIpc) is 2.53. The van der Waals surface area contributed by atoms with Crippen LogP contribution < -0.4 is 15.8 Å². The van der Waals surface area contributed by atoms with Crippen molar-refractivity contribution >= 4 is 18.3 Å². The Labute approximate surface area is 141 Å². The molecule has 0 aliphatic carbocycles. The molecule has 0 atom stereocenters. The molecule has 0 saturated heterocycles. The monoisotopic (exact) mass is 336 g/mol. The van der Waals surface area contributed by atoms with E-state index in [1.807, 2.05) is 12.1 Å². The summed E-state index contributed by atoms with van der Waals surface area (Å²) in [6.07, 6.45) is 0.896. The van der Waals surface area contributed by atoms with Crippen LogP contribution in [0.1, 0.15) is 15.9 Å². The normalized spacial score (nSPS) is 9.91. The SMILES string of the molecule is Cl.NC(=O)c1ccc(OCCNCCc2ccc(O)cc2)cc1. The van der Waals surface area contributed by atoms with E-state index in [1.54, 1.807) is 36.4 Å². The van der Waals surface area contributed by atoms with Gasteiger partial charge in [-0.15, -0.1) is 12.4 Å². The van der Waals surface area contributed by atoms with Crippen molar-refractivity contribution in [2.45, 2.75) is 6.42 Å². The number of nitrogens with two attached hydrogens (primary N) is 1. The maximum Gasteiger partial charge on any atom is 0.248 e. The Morgan fingerprint density at radius 2 is 1.70 bits per heavy atom. The van der Waals surface area contributed by atoms with Crippen LogP contribution in [0, 0.1) is 0 Å². The zero-order chi connectivity index (χ0) is 15.8. The number of hydrogen-bond acceptors (Lipinski definition) is 4. The van der Waals surface area contributed by atoms with Crippen molar-refractivity contribution in [3.05, 3.63) is 59.7 Å². The van der Waals surface area contributed by atoms with E-state index < -0.39 is 5.91 Å². The molecule has 1 amide bonds. The molecule has 0 heterocycles. The second-order valence-electron chi connectivity index (χ2n) is 4.90. The van der Waals surface area contributed by atoms with E-state index in [-0.39, 0.29) is 18.2 Å². The maximum absolute atomic E-state index is 10.9. The van der Waals surface area contributed by atoms with Gasteiger partial charge in [0.2, 0.25) is 5.91 Å². The van der Waals surface area contributed by atoms with Gasteiger partial charge in [-0.25, -0.2) is 0 Å². The molecule has 0 aliphatic heterocycles. The summed E-state index contributed by atoms with van der Waals surface area (Å²) in [5.41, 5.74) is 6.82. The van der Waals surface area contributed by atoms with E-state index in [1.165, 1.54) is 5.56 Å². The van der Waals surface area contributed by atoms with Crippen LogP contribution in [0.15, 0.2) is 48.5 Å². The lowest BCUT2D eigenvalue weighted by atomic mass is 10.1. The van der Waals surface area contributed by atoms with Crippen LogP contribution in [0.2, 0.25) is 0 Å².